The number of aliphatic imine (C=N–C) groups is 1. The van der Waals surface area contributed by atoms with E-state index in [1.165, 1.54) is 11.3 Å². The number of nitrogens with two attached hydrogens (primary N) is 2. The highest BCUT2D eigenvalue weighted by Crippen LogP contribution is 2.27. The van der Waals surface area contributed by atoms with E-state index < -0.39 is 5.60 Å². The van der Waals surface area contributed by atoms with Crippen molar-refractivity contribution < 1.29 is 19.1 Å². The van der Waals surface area contributed by atoms with E-state index in [0.29, 0.717) is 41.6 Å². The Labute approximate surface area is 162 Å². The van der Waals surface area contributed by atoms with E-state index in [-0.39, 0.29) is 30.5 Å². The van der Waals surface area contributed by atoms with Crippen LogP contribution in [0.2, 0.25) is 0 Å². The highest BCUT2D eigenvalue weighted by Gasteiger charge is 2.27. The smallest absolute Gasteiger partial charge is 0.332 e. The van der Waals surface area contributed by atoms with Crippen LogP contribution in [0.3, 0.4) is 0 Å². The summed E-state index contributed by atoms with van der Waals surface area (Å²) in [6.07, 6.45) is 1.25. The predicted molar refractivity (Wildman–Crippen MR) is 103 cm³/mol. The van der Waals surface area contributed by atoms with Gasteiger partial charge in [0.1, 0.15) is 17.1 Å². The molecule has 0 spiro atoms. The number of likely N-dealkylation sites (tertiary alicyclic amines) is 1. The molecule has 1 amide bonds. The lowest BCUT2D eigenvalue weighted by atomic mass is 10.1. The van der Waals surface area contributed by atoms with Crippen molar-refractivity contribution in [1.82, 2.24) is 9.88 Å². The minimum atomic E-state index is -0.527. The number of aryl methyl sites for hydroxylation is 1. The number of piperidine rings is 1. The molecule has 1 aliphatic rings. The number of ether oxygens (including phenoxy) is 2. The zero-order chi connectivity index (χ0) is 20.2. The fraction of sp³-hybridized carbons (Fsp3) is 0.647. The van der Waals surface area contributed by atoms with Crippen LogP contribution in [0, 0.1) is 6.92 Å². The van der Waals surface area contributed by atoms with Crippen molar-refractivity contribution in [1.29, 1.82) is 0 Å². The van der Waals surface area contributed by atoms with Gasteiger partial charge in [-0.3, -0.25) is 4.79 Å². The lowest BCUT2D eigenvalue weighted by Crippen LogP contribution is -2.41. The summed E-state index contributed by atoms with van der Waals surface area (Å²) in [6.45, 7) is 8.22. The Balaban J connectivity index is 1.85. The second-order valence-electron chi connectivity index (χ2n) is 7.34. The average Bonchev–Trinajstić information content (AvgIpc) is 2.90. The van der Waals surface area contributed by atoms with E-state index in [1.54, 1.807) is 11.8 Å². The van der Waals surface area contributed by atoms with E-state index in [9.17, 15) is 9.59 Å². The predicted octanol–water partition coefficient (Wildman–Crippen LogP) is 1.32. The van der Waals surface area contributed by atoms with Gasteiger partial charge in [-0.25, -0.2) is 9.78 Å². The van der Waals surface area contributed by atoms with Crippen molar-refractivity contribution in [2.24, 2.45) is 16.5 Å². The largest absolute Gasteiger partial charge is 0.458 e. The first-order valence-corrected chi connectivity index (χ1v) is 9.56. The summed E-state index contributed by atoms with van der Waals surface area (Å²) in [6, 6.07) is 0. The number of esters is 1. The molecule has 1 saturated heterocycles. The van der Waals surface area contributed by atoms with Crippen molar-refractivity contribution in [3.05, 3.63) is 10.6 Å². The van der Waals surface area contributed by atoms with Crippen LogP contribution >= 0.6 is 11.3 Å². The number of thiazole rings is 1. The Morgan fingerprint density at radius 2 is 1.93 bits per heavy atom. The number of guanidine groups is 1. The van der Waals surface area contributed by atoms with Crippen LogP contribution in [0.15, 0.2) is 4.99 Å². The zero-order valence-corrected chi connectivity index (χ0v) is 17.0. The molecule has 0 radical (unpaired) electrons. The Morgan fingerprint density at radius 1 is 1.30 bits per heavy atom. The van der Waals surface area contributed by atoms with Crippen LogP contribution < -0.4 is 11.5 Å². The molecule has 0 atom stereocenters. The first-order chi connectivity index (χ1) is 12.5. The monoisotopic (exact) mass is 397 g/mol. The van der Waals surface area contributed by atoms with Gasteiger partial charge in [0, 0.05) is 13.1 Å². The maximum Gasteiger partial charge on any atom is 0.332 e. The minimum absolute atomic E-state index is 0.0682. The maximum absolute atomic E-state index is 12.7. The molecular formula is C17H27N5O4S. The van der Waals surface area contributed by atoms with Crippen LogP contribution in [0.5, 0.6) is 0 Å². The van der Waals surface area contributed by atoms with Crippen LogP contribution in [-0.2, 0) is 14.3 Å². The number of carbonyl (C=O) groups excluding carboxylic acids is 2. The number of hydrogen-bond acceptors (Lipinski definition) is 7. The molecule has 150 valence electrons. The standard InChI is InChI=1S/C17H27N5O4S/c1-10-13(27-16(20-10)21-15(18)19)14(24)22-7-5-11(6-8-22)25-9-12(23)26-17(2,3)4/h11H,5-9H2,1-4H3,(H4,18,19,20,21). The maximum atomic E-state index is 12.7. The van der Waals surface area contributed by atoms with Gasteiger partial charge < -0.3 is 25.8 Å². The molecule has 9 nitrogen and oxygen atoms in total. The number of hydrogen-bond donors (Lipinski definition) is 2. The molecule has 0 aromatic carbocycles. The van der Waals surface area contributed by atoms with Crippen molar-refractivity contribution in [3.8, 4) is 0 Å². The van der Waals surface area contributed by atoms with Crippen LogP contribution in [-0.4, -0.2) is 59.1 Å². The molecule has 4 N–H and O–H groups in total. The van der Waals surface area contributed by atoms with Gasteiger partial charge in [0.2, 0.25) is 5.13 Å². The fourth-order valence-corrected chi connectivity index (χ4v) is 3.59. The van der Waals surface area contributed by atoms with E-state index in [2.05, 4.69) is 9.98 Å². The summed E-state index contributed by atoms with van der Waals surface area (Å²) in [5.74, 6) is -0.563. The second-order valence-corrected chi connectivity index (χ2v) is 8.31. The second kappa shape index (κ2) is 8.66. The first kappa shape index (κ1) is 21.1. The molecule has 0 saturated carbocycles. The van der Waals surface area contributed by atoms with E-state index in [1.807, 2.05) is 20.8 Å². The van der Waals surface area contributed by atoms with Gasteiger partial charge in [0.05, 0.1) is 11.8 Å². The van der Waals surface area contributed by atoms with Crippen molar-refractivity contribution in [2.45, 2.75) is 52.2 Å². The molecule has 2 heterocycles. The molecule has 1 aromatic heterocycles. The topological polar surface area (TPSA) is 133 Å². The van der Waals surface area contributed by atoms with Crippen LogP contribution in [0.25, 0.3) is 0 Å². The highest BCUT2D eigenvalue weighted by atomic mass is 32.1. The van der Waals surface area contributed by atoms with Gasteiger partial charge in [0.15, 0.2) is 5.96 Å². The van der Waals surface area contributed by atoms with Crippen molar-refractivity contribution >= 4 is 34.3 Å². The lowest BCUT2D eigenvalue weighted by molar-refractivity contribution is -0.163. The van der Waals surface area contributed by atoms with Gasteiger partial charge in [0.25, 0.3) is 5.91 Å². The Hall–Kier alpha value is -2.20. The lowest BCUT2D eigenvalue weighted by Gasteiger charge is -2.31. The number of nitrogens with zero attached hydrogens (tertiary/aromatic N) is 3. The molecule has 0 unspecified atom stereocenters. The highest BCUT2D eigenvalue weighted by molar-refractivity contribution is 7.17. The van der Waals surface area contributed by atoms with Crippen molar-refractivity contribution in [2.75, 3.05) is 19.7 Å². The molecular weight excluding hydrogens is 370 g/mol. The van der Waals surface area contributed by atoms with Gasteiger partial charge in [-0.15, -0.1) is 0 Å². The number of amides is 1. The summed E-state index contributed by atoms with van der Waals surface area (Å²) in [5, 5.41) is 0.367. The fourth-order valence-electron chi connectivity index (χ4n) is 2.66. The Morgan fingerprint density at radius 3 is 2.48 bits per heavy atom. The average molecular weight is 398 g/mol. The third-order valence-electron chi connectivity index (χ3n) is 3.79. The molecule has 1 aliphatic heterocycles. The van der Waals surface area contributed by atoms with Gasteiger partial charge >= 0.3 is 5.97 Å². The zero-order valence-electron chi connectivity index (χ0n) is 16.2. The van der Waals surface area contributed by atoms with Gasteiger partial charge in [-0.05, 0) is 40.5 Å². The van der Waals surface area contributed by atoms with E-state index in [4.69, 9.17) is 20.9 Å². The normalized spacial score (nSPS) is 15.5. The summed E-state index contributed by atoms with van der Waals surface area (Å²) in [7, 11) is 0. The summed E-state index contributed by atoms with van der Waals surface area (Å²) >= 11 is 1.17. The summed E-state index contributed by atoms with van der Waals surface area (Å²) in [5.41, 5.74) is 10.8. The van der Waals surface area contributed by atoms with Crippen LogP contribution in [0.1, 0.15) is 49.0 Å². The summed E-state index contributed by atoms with van der Waals surface area (Å²) < 4.78 is 10.9. The third-order valence-corrected chi connectivity index (χ3v) is 4.83. The molecule has 2 rings (SSSR count). The number of rotatable bonds is 5. The summed E-state index contributed by atoms with van der Waals surface area (Å²) in [4.78, 5) is 34.8. The van der Waals surface area contributed by atoms with E-state index in [0.717, 1.165) is 0 Å². The first-order valence-electron chi connectivity index (χ1n) is 8.75. The molecule has 0 bridgehead atoms. The van der Waals surface area contributed by atoms with E-state index >= 15 is 0 Å². The third kappa shape index (κ3) is 6.47. The van der Waals surface area contributed by atoms with Crippen molar-refractivity contribution in [3.63, 3.8) is 0 Å². The molecule has 1 aromatic rings. The van der Waals surface area contributed by atoms with Gasteiger partial charge in [-0.1, -0.05) is 11.3 Å². The SMILES string of the molecule is Cc1nc(N=C(N)N)sc1C(=O)N1CCC(OCC(=O)OC(C)(C)C)CC1. The Kier molecular flexibility index (Phi) is 6.77. The quantitative estimate of drug-likeness (QED) is 0.435. The molecule has 27 heavy (non-hydrogen) atoms. The number of aromatic nitrogens is 1. The minimum Gasteiger partial charge on any atom is -0.458 e. The van der Waals surface area contributed by atoms with Crippen LogP contribution in [0.4, 0.5) is 5.13 Å². The Bertz CT molecular complexity index is 713. The molecule has 0 aliphatic carbocycles. The van der Waals surface area contributed by atoms with Gasteiger partial charge in [-0.2, -0.15) is 4.99 Å². The number of carbonyl (C=O) groups is 2. The molecule has 10 heteroatoms. The molecule has 1 fully saturated rings.